The number of aryl methyl sites for hydroxylation is 1. The van der Waals surface area contributed by atoms with E-state index in [0.717, 1.165) is 22.9 Å². The molecule has 0 bridgehead atoms. The first-order valence-electron chi connectivity index (χ1n) is 7.29. The Hall–Kier alpha value is -2.05. The van der Waals surface area contributed by atoms with Gasteiger partial charge < -0.3 is 9.88 Å². The van der Waals surface area contributed by atoms with Crippen molar-refractivity contribution in [1.29, 1.82) is 0 Å². The Morgan fingerprint density at radius 2 is 1.96 bits per heavy atom. The number of nitrogens with zero attached hydrogens (tertiary/aromatic N) is 2. The minimum absolute atomic E-state index is 0.102. The monoisotopic (exact) mass is 343 g/mol. The quantitative estimate of drug-likeness (QED) is 0.695. The molecule has 1 aromatic carbocycles. The molecule has 4 nitrogen and oxygen atoms in total. The van der Waals surface area contributed by atoms with Crippen LogP contribution in [0.25, 0.3) is 5.13 Å². The van der Waals surface area contributed by atoms with Gasteiger partial charge in [0.05, 0.1) is 5.69 Å². The van der Waals surface area contributed by atoms with Crippen LogP contribution in [0.2, 0.25) is 0 Å². The zero-order valence-electron chi connectivity index (χ0n) is 12.9. The van der Waals surface area contributed by atoms with Crippen LogP contribution in [0.4, 0.5) is 5.69 Å². The van der Waals surface area contributed by atoms with Gasteiger partial charge in [0.25, 0.3) is 5.91 Å². The van der Waals surface area contributed by atoms with Crippen molar-refractivity contribution >= 4 is 34.7 Å². The Labute approximate surface area is 143 Å². The van der Waals surface area contributed by atoms with Crippen molar-refractivity contribution in [1.82, 2.24) is 9.55 Å². The highest BCUT2D eigenvalue weighted by Crippen LogP contribution is 2.24. The molecule has 2 aromatic heterocycles. The van der Waals surface area contributed by atoms with Crippen LogP contribution in [0.15, 0.2) is 53.7 Å². The fraction of sp³-hybridized carbons (Fsp3) is 0.176. The Kier molecular flexibility index (Phi) is 4.83. The van der Waals surface area contributed by atoms with Gasteiger partial charge in [-0.15, -0.1) is 11.8 Å². The van der Waals surface area contributed by atoms with Crippen LogP contribution in [0.3, 0.4) is 0 Å². The van der Waals surface area contributed by atoms with E-state index in [1.807, 2.05) is 66.5 Å². The minimum Gasteiger partial charge on any atom is -0.321 e. The van der Waals surface area contributed by atoms with Crippen LogP contribution in [-0.2, 0) is 6.42 Å². The predicted octanol–water partition coefficient (Wildman–Crippen LogP) is 4.47. The van der Waals surface area contributed by atoms with E-state index in [1.54, 1.807) is 11.8 Å². The fourth-order valence-electron chi connectivity index (χ4n) is 2.19. The maximum absolute atomic E-state index is 12.6. The van der Waals surface area contributed by atoms with Crippen LogP contribution < -0.4 is 5.32 Å². The summed E-state index contributed by atoms with van der Waals surface area (Å²) in [5.74, 6) is -0.102. The maximum Gasteiger partial charge on any atom is 0.267 e. The molecule has 0 aliphatic rings. The van der Waals surface area contributed by atoms with Gasteiger partial charge in [0.1, 0.15) is 4.88 Å². The van der Waals surface area contributed by atoms with Gasteiger partial charge in [-0.25, -0.2) is 4.98 Å². The molecule has 0 fully saturated rings. The summed E-state index contributed by atoms with van der Waals surface area (Å²) in [7, 11) is 0. The lowest BCUT2D eigenvalue weighted by molar-refractivity contribution is 0.102. The van der Waals surface area contributed by atoms with E-state index in [1.165, 1.54) is 16.2 Å². The van der Waals surface area contributed by atoms with E-state index in [0.29, 0.717) is 4.88 Å². The lowest BCUT2D eigenvalue weighted by Gasteiger charge is -2.05. The molecule has 118 valence electrons. The predicted molar refractivity (Wildman–Crippen MR) is 97.0 cm³/mol. The van der Waals surface area contributed by atoms with Gasteiger partial charge in [-0.3, -0.25) is 4.79 Å². The van der Waals surface area contributed by atoms with Gasteiger partial charge in [0.15, 0.2) is 5.13 Å². The number of amides is 1. The molecule has 6 heteroatoms. The second kappa shape index (κ2) is 7.02. The Bertz CT molecular complexity index is 792. The average Bonchev–Trinajstić information content (AvgIpc) is 3.24. The number of nitrogens with one attached hydrogen (secondary N) is 1. The second-order valence-electron chi connectivity index (χ2n) is 4.90. The highest BCUT2D eigenvalue weighted by molar-refractivity contribution is 7.98. The lowest BCUT2D eigenvalue weighted by atomic mass is 10.2. The molecule has 0 radical (unpaired) electrons. The third-order valence-corrected chi connectivity index (χ3v) is 5.25. The highest BCUT2D eigenvalue weighted by Gasteiger charge is 2.17. The second-order valence-corrected chi connectivity index (χ2v) is 6.76. The first kappa shape index (κ1) is 15.8. The lowest BCUT2D eigenvalue weighted by Crippen LogP contribution is -2.12. The first-order valence-corrected chi connectivity index (χ1v) is 9.34. The molecule has 0 aliphatic carbocycles. The van der Waals surface area contributed by atoms with Crippen molar-refractivity contribution in [3.05, 3.63) is 59.4 Å². The molecule has 2 heterocycles. The molecule has 1 N–H and O–H groups in total. The van der Waals surface area contributed by atoms with Gasteiger partial charge in [0.2, 0.25) is 0 Å². The molecule has 3 aromatic rings. The number of carbonyl (C=O) groups is 1. The number of aromatic nitrogens is 2. The molecular weight excluding hydrogens is 326 g/mol. The van der Waals surface area contributed by atoms with Gasteiger partial charge in [-0.2, -0.15) is 0 Å². The number of benzene rings is 1. The SMILES string of the molecule is CCc1nc(-n2cccc2)sc1C(=O)Nc1ccc(SC)cc1. The number of thioether (sulfide) groups is 1. The molecule has 0 unspecified atom stereocenters. The average molecular weight is 343 g/mol. The zero-order valence-corrected chi connectivity index (χ0v) is 14.6. The van der Waals surface area contributed by atoms with Crippen LogP contribution in [0, 0.1) is 0 Å². The summed E-state index contributed by atoms with van der Waals surface area (Å²) in [5, 5.41) is 3.77. The number of anilines is 1. The third kappa shape index (κ3) is 3.48. The summed E-state index contributed by atoms with van der Waals surface area (Å²) in [4.78, 5) is 19.0. The fourth-order valence-corrected chi connectivity index (χ4v) is 3.62. The minimum atomic E-state index is -0.102. The Morgan fingerprint density at radius 3 is 2.57 bits per heavy atom. The van der Waals surface area contributed by atoms with E-state index in [4.69, 9.17) is 0 Å². The number of carbonyl (C=O) groups excluding carboxylic acids is 1. The summed E-state index contributed by atoms with van der Waals surface area (Å²) in [6.07, 6.45) is 6.62. The largest absolute Gasteiger partial charge is 0.321 e. The summed E-state index contributed by atoms with van der Waals surface area (Å²) >= 11 is 3.09. The Balaban J connectivity index is 1.83. The summed E-state index contributed by atoms with van der Waals surface area (Å²) < 4.78 is 1.92. The van der Waals surface area contributed by atoms with Crippen molar-refractivity contribution in [2.75, 3.05) is 11.6 Å². The van der Waals surface area contributed by atoms with Crippen molar-refractivity contribution in [3.8, 4) is 5.13 Å². The topological polar surface area (TPSA) is 46.9 Å². The van der Waals surface area contributed by atoms with E-state index in [9.17, 15) is 4.79 Å². The van der Waals surface area contributed by atoms with E-state index in [-0.39, 0.29) is 5.91 Å². The Morgan fingerprint density at radius 1 is 1.26 bits per heavy atom. The number of thiazole rings is 1. The highest BCUT2D eigenvalue weighted by atomic mass is 32.2. The smallest absolute Gasteiger partial charge is 0.267 e. The van der Waals surface area contributed by atoms with E-state index >= 15 is 0 Å². The van der Waals surface area contributed by atoms with Gasteiger partial charge >= 0.3 is 0 Å². The van der Waals surface area contributed by atoms with Crippen LogP contribution >= 0.6 is 23.1 Å². The number of hydrogen-bond acceptors (Lipinski definition) is 4. The molecule has 23 heavy (non-hydrogen) atoms. The maximum atomic E-state index is 12.6. The normalized spacial score (nSPS) is 10.7. The van der Waals surface area contributed by atoms with Crippen molar-refractivity contribution in [2.24, 2.45) is 0 Å². The molecule has 0 aliphatic heterocycles. The van der Waals surface area contributed by atoms with Gasteiger partial charge in [-0.05, 0) is 49.1 Å². The molecule has 3 rings (SSSR count). The molecule has 0 spiro atoms. The van der Waals surface area contributed by atoms with Crippen LogP contribution in [0.5, 0.6) is 0 Å². The molecule has 0 atom stereocenters. The molecule has 0 saturated carbocycles. The standard InChI is InChI=1S/C17H17N3OS2/c1-3-14-15(23-17(19-14)20-10-4-5-11-20)16(21)18-12-6-8-13(22-2)9-7-12/h4-11H,3H2,1-2H3,(H,18,21). The molecule has 0 saturated heterocycles. The van der Waals surface area contributed by atoms with Crippen molar-refractivity contribution in [2.45, 2.75) is 18.2 Å². The zero-order chi connectivity index (χ0) is 16.2. The van der Waals surface area contributed by atoms with E-state index < -0.39 is 0 Å². The van der Waals surface area contributed by atoms with Crippen LogP contribution in [0.1, 0.15) is 22.3 Å². The van der Waals surface area contributed by atoms with Gasteiger partial charge in [-0.1, -0.05) is 18.3 Å². The summed E-state index contributed by atoms with van der Waals surface area (Å²) in [6, 6.07) is 11.7. The molecule has 1 amide bonds. The van der Waals surface area contributed by atoms with E-state index in [2.05, 4.69) is 10.3 Å². The molecular formula is C17H17N3OS2. The summed E-state index contributed by atoms with van der Waals surface area (Å²) in [6.45, 7) is 2.01. The number of hydrogen-bond donors (Lipinski definition) is 1. The van der Waals surface area contributed by atoms with Crippen molar-refractivity contribution < 1.29 is 4.79 Å². The first-order chi connectivity index (χ1) is 11.2. The van der Waals surface area contributed by atoms with Crippen LogP contribution in [-0.4, -0.2) is 21.7 Å². The number of rotatable bonds is 5. The van der Waals surface area contributed by atoms with Crippen molar-refractivity contribution in [3.63, 3.8) is 0 Å². The third-order valence-electron chi connectivity index (χ3n) is 3.40. The summed E-state index contributed by atoms with van der Waals surface area (Å²) in [5.41, 5.74) is 1.63. The van der Waals surface area contributed by atoms with Gasteiger partial charge in [0, 0.05) is 23.0 Å².